The quantitative estimate of drug-likeness (QED) is 0.387. The fourth-order valence-corrected chi connectivity index (χ4v) is 4.43. The van der Waals surface area contributed by atoms with Gasteiger partial charge in [0.1, 0.15) is 11.6 Å². The summed E-state index contributed by atoms with van der Waals surface area (Å²) >= 11 is 0. The topological polar surface area (TPSA) is 102 Å². The van der Waals surface area contributed by atoms with E-state index in [1.165, 1.54) is 18.2 Å². The fourth-order valence-electron chi connectivity index (χ4n) is 4.43. The Morgan fingerprint density at radius 3 is 2.41 bits per heavy atom. The molecule has 2 amide bonds. The number of aromatic nitrogens is 2. The van der Waals surface area contributed by atoms with E-state index in [1.54, 1.807) is 6.07 Å². The first-order valence-corrected chi connectivity index (χ1v) is 12.7. The number of nitrogens with zero attached hydrogens (tertiary/aromatic N) is 4. The smallest absolute Gasteiger partial charge is 0.239 e. The highest BCUT2D eigenvalue weighted by atomic mass is 16.2. The molecule has 3 aromatic rings. The Balaban J connectivity index is 1.39. The molecule has 0 bridgehead atoms. The van der Waals surface area contributed by atoms with Crippen LogP contribution in [0.3, 0.4) is 0 Å². The van der Waals surface area contributed by atoms with Crippen LogP contribution in [-0.2, 0) is 9.59 Å². The summed E-state index contributed by atoms with van der Waals surface area (Å²) in [5.41, 5.74) is 3.32. The van der Waals surface area contributed by atoms with Gasteiger partial charge >= 0.3 is 0 Å². The van der Waals surface area contributed by atoms with Gasteiger partial charge in [0.25, 0.3) is 0 Å². The minimum Gasteiger partial charge on any atom is -0.368 e. The van der Waals surface area contributed by atoms with E-state index in [1.807, 2.05) is 30.3 Å². The second kappa shape index (κ2) is 12.3. The number of hydrogen-bond donors (Lipinski definition) is 3. The van der Waals surface area contributed by atoms with Gasteiger partial charge in [0.05, 0.1) is 6.54 Å². The Hall–Kier alpha value is -3.98. The van der Waals surface area contributed by atoms with Crippen LogP contribution in [0.1, 0.15) is 19.4 Å². The molecule has 2 heterocycles. The molecule has 0 radical (unpaired) electrons. The molecule has 0 aliphatic carbocycles. The lowest BCUT2D eigenvalue weighted by Crippen LogP contribution is -2.53. The first kappa shape index (κ1) is 26.1. The highest BCUT2D eigenvalue weighted by Gasteiger charge is 2.25. The second-order valence-electron chi connectivity index (χ2n) is 9.40. The van der Waals surface area contributed by atoms with Gasteiger partial charge in [0.15, 0.2) is 5.82 Å². The molecule has 0 spiro atoms. The molecular weight excluding hydrogens is 466 g/mol. The molecule has 3 N–H and O–H groups in total. The zero-order chi connectivity index (χ0) is 26.2. The number of rotatable bonds is 9. The van der Waals surface area contributed by atoms with Crippen LogP contribution in [0.2, 0.25) is 0 Å². The summed E-state index contributed by atoms with van der Waals surface area (Å²) in [4.78, 5) is 37.9. The van der Waals surface area contributed by atoms with Crippen LogP contribution in [0.25, 0.3) is 11.4 Å². The molecule has 1 unspecified atom stereocenters. The number of aryl methyl sites for hydroxylation is 1. The van der Waals surface area contributed by atoms with Crippen molar-refractivity contribution in [3.63, 3.8) is 0 Å². The lowest BCUT2D eigenvalue weighted by molar-refractivity contribution is -0.119. The van der Waals surface area contributed by atoms with E-state index in [0.717, 1.165) is 25.2 Å². The van der Waals surface area contributed by atoms with E-state index in [-0.39, 0.29) is 11.8 Å². The van der Waals surface area contributed by atoms with Crippen LogP contribution in [0.4, 0.5) is 17.3 Å². The number of hydrogen-bond acceptors (Lipinski definition) is 7. The molecule has 1 saturated heterocycles. The summed E-state index contributed by atoms with van der Waals surface area (Å²) in [7, 11) is 0. The van der Waals surface area contributed by atoms with Gasteiger partial charge in [-0.3, -0.25) is 14.5 Å². The van der Waals surface area contributed by atoms with Gasteiger partial charge < -0.3 is 20.9 Å². The molecule has 37 heavy (non-hydrogen) atoms. The van der Waals surface area contributed by atoms with Gasteiger partial charge in [-0.2, -0.15) is 0 Å². The zero-order valence-corrected chi connectivity index (χ0v) is 21.7. The van der Waals surface area contributed by atoms with Crippen LogP contribution in [-0.4, -0.2) is 72.0 Å². The average Bonchev–Trinajstić information content (AvgIpc) is 2.88. The Morgan fingerprint density at radius 1 is 0.973 bits per heavy atom. The second-order valence-corrected chi connectivity index (χ2v) is 9.40. The molecule has 2 aromatic carbocycles. The normalized spacial score (nSPS) is 15.8. The maximum Gasteiger partial charge on any atom is 0.239 e. The Labute approximate surface area is 218 Å². The fraction of sp³-hybridized carbons (Fsp3) is 0.357. The summed E-state index contributed by atoms with van der Waals surface area (Å²) in [5, 5.41) is 8.91. The van der Waals surface area contributed by atoms with Crippen molar-refractivity contribution in [3.05, 3.63) is 66.2 Å². The largest absolute Gasteiger partial charge is 0.368 e. The number of benzene rings is 2. The first-order chi connectivity index (χ1) is 17.9. The molecule has 1 atom stereocenters. The molecular formula is C28H35N7O2. The molecule has 9 heteroatoms. The van der Waals surface area contributed by atoms with Crippen LogP contribution >= 0.6 is 0 Å². The van der Waals surface area contributed by atoms with Crippen molar-refractivity contribution in [2.45, 2.75) is 26.8 Å². The predicted octanol–water partition coefficient (Wildman–Crippen LogP) is 3.15. The number of piperazine rings is 1. The van der Waals surface area contributed by atoms with Crippen molar-refractivity contribution < 1.29 is 9.59 Å². The highest BCUT2D eigenvalue weighted by Crippen LogP contribution is 2.22. The predicted molar refractivity (Wildman–Crippen MR) is 148 cm³/mol. The SMILES string of the molecule is CC(=O)NCCNc1cc(NC(=O)CN2CCN(c3ccc(C)cc3)C(C)C2)nc(-c2ccccc2)n1. The lowest BCUT2D eigenvalue weighted by Gasteiger charge is -2.41. The van der Waals surface area contributed by atoms with Crippen LogP contribution in [0, 0.1) is 6.92 Å². The number of carbonyl (C=O) groups is 2. The summed E-state index contributed by atoms with van der Waals surface area (Å²) in [6.07, 6.45) is 0. The minimum atomic E-state index is -0.113. The molecule has 0 saturated carbocycles. The molecule has 9 nitrogen and oxygen atoms in total. The molecule has 4 rings (SSSR count). The average molecular weight is 502 g/mol. The summed E-state index contributed by atoms with van der Waals surface area (Å²) in [6.45, 7) is 9.50. The molecule has 1 aliphatic rings. The van der Waals surface area contributed by atoms with Crippen molar-refractivity contribution in [1.29, 1.82) is 0 Å². The van der Waals surface area contributed by atoms with Crippen LogP contribution in [0.15, 0.2) is 60.7 Å². The summed E-state index contributed by atoms with van der Waals surface area (Å²) in [6, 6.07) is 20.2. The van der Waals surface area contributed by atoms with Crippen LogP contribution < -0.4 is 20.9 Å². The standard InChI is InChI=1S/C28H35N7O2/c1-20-9-11-24(12-10-20)35-16-15-34(18-21(35)2)19-27(37)31-26-17-25(30-14-13-29-22(3)36)32-28(33-26)23-7-5-4-6-8-23/h4-12,17,21H,13-16,18-19H2,1-3H3,(H,29,36)(H2,30,31,32,33,37). The van der Waals surface area contributed by atoms with Crippen molar-refractivity contribution >= 4 is 29.1 Å². The molecule has 1 fully saturated rings. The third-order valence-corrected chi connectivity index (χ3v) is 6.28. The van der Waals surface area contributed by atoms with Gasteiger partial charge in [-0.05, 0) is 26.0 Å². The van der Waals surface area contributed by atoms with E-state index in [2.05, 4.69) is 73.8 Å². The summed E-state index contributed by atoms with van der Waals surface area (Å²) in [5.74, 6) is 1.33. The molecule has 1 aliphatic heterocycles. The third-order valence-electron chi connectivity index (χ3n) is 6.28. The monoisotopic (exact) mass is 501 g/mol. The Kier molecular flexibility index (Phi) is 8.68. The Morgan fingerprint density at radius 2 is 1.70 bits per heavy atom. The van der Waals surface area contributed by atoms with E-state index >= 15 is 0 Å². The number of anilines is 3. The number of amides is 2. The van der Waals surface area contributed by atoms with E-state index in [9.17, 15) is 9.59 Å². The van der Waals surface area contributed by atoms with E-state index in [4.69, 9.17) is 0 Å². The number of nitrogens with one attached hydrogen (secondary N) is 3. The summed E-state index contributed by atoms with van der Waals surface area (Å²) < 4.78 is 0. The van der Waals surface area contributed by atoms with Crippen molar-refractivity contribution in [1.82, 2.24) is 20.2 Å². The van der Waals surface area contributed by atoms with Crippen molar-refractivity contribution in [3.8, 4) is 11.4 Å². The lowest BCUT2D eigenvalue weighted by atomic mass is 10.1. The van der Waals surface area contributed by atoms with Gasteiger partial charge in [0.2, 0.25) is 11.8 Å². The van der Waals surface area contributed by atoms with E-state index in [0.29, 0.717) is 43.1 Å². The van der Waals surface area contributed by atoms with Crippen LogP contribution in [0.5, 0.6) is 0 Å². The minimum absolute atomic E-state index is 0.0866. The van der Waals surface area contributed by atoms with Gasteiger partial charge in [-0.25, -0.2) is 9.97 Å². The third kappa shape index (κ3) is 7.50. The Bertz CT molecular complexity index is 1200. The van der Waals surface area contributed by atoms with Crippen molar-refractivity contribution in [2.75, 3.05) is 54.8 Å². The van der Waals surface area contributed by atoms with E-state index < -0.39 is 0 Å². The molecule has 1 aromatic heterocycles. The number of carbonyl (C=O) groups excluding carboxylic acids is 2. The van der Waals surface area contributed by atoms with Crippen molar-refractivity contribution in [2.24, 2.45) is 0 Å². The maximum absolute atomic E-state index is 13.0. The maximum atomic E-state index is 13.0. The van der Waals surface area contributed by atoms with Gasteiger partial charge in [-0.1, -0.05) is 48.0 Å². The highest BCUT2D eigenvalue weighted by molar-refractivity contribution is 5.92. The molecule has 194 valence electrons. The van der Waals surface area contributed by atoms with Gasteiger partial charge in [-0.15, -0.1) is 0 Å². The van der Waals surface area contributed by atoms with Gasteiger partial charge in [0, 0.05) is 63.0 Å². The zero-order valence-electron chi connectivity index (χ0n) is 21.7. The first-order valence-electron chi connectivity index (χ1n) is 12.7.